The Morgan fingerprint density at radius 3 is 1.44 bits per heavy atom. The van der Waals surface area contributed by atoms with Crippen molar-refractivity contribution in [1.29, 1.82) is 0 Å². The summed E-state index contributed by atoms with van der Waals surface area (Å²) >= 11 is 0. The average Bonchev–Trinajstić information content (AvgIpc) is 1.94. The zero-order valence-corrected chi connectivity index (χ0v) is 7.19. The molecule has 9 heavy (non-hydrogen) atoms. The molecule has 0 radical (unpaired) electrons. The molecule has 0 aliphatic rings. The Morgan fingerprint density at radius 1 is 1.33 bits per heavy atom. The van der Waals surface area contributed by atoms with E-state index in [2.05, 4.69) is 19.2 Å². The fourth-order valence-corrected chi connectivity index (χ4v) is 0. The standard InChI is InChI=1S/C3H8.C2H5NO.C2H6/c1-3-2;1-3-2-4;1-2/h3H2,1-2H3;2H,1H3,(H,3,4);1-2H3. The summed E-state index contributed by atoms with van der Waals surface area (Å²) < 4.78 is 0. The lowest BCUT2D eigenvalue weighted by Crippen LogP contribution is -1.98. The van der Waals surface area contributed by atoms with Gasteiger partial charge in [-0.3, -0.25) is 4.79 Å². The number of carbonyl (C=O) groups excluding carboxylic acids is 1. The van der Waals surface area contributed by atoms with Crippen molar-refractivity contribution in [3.63, 3.8) is 0 Å². The maximum atomic E-state index is 9.06. The summed E-state index contributed by atoms with van der Waals surface area (Å²) in [5, 5.41) is 2.25. The fraction of sp³-hybridized carbons (Fsp3) is 0.857. The number of carbonyl (C=O) groups is 1. The number of hydrogen-bond donors (Lipinski definition) is 1. The van der Waals surface area contributed by atoms with Crippen LogP contribution in [0.4, 0.5) is 0 Å². The van der Waals surface area contributed by atoms with E-state index in [4.69, 9.17) is 4.79 Å². The molecule has 0 atom stereocenters. The molecule has 0 rings (SSSR count). The first kappa shape index (κ1) is 15.8. The van der Waals surface area contributed by atoms with Crippen molar-refractivity contribution in [1.82, 2.24) is 5.32 Å². The zero-order valence-electron chi connectivity index (χ0n) is 7.19. The monoisotopic (exact) mass is 133 g/mol. The van der Waals surface area contributed by atoms with Gasteiger partial charge in [-0.05, 0) is 0 Å². The van der Waals surface area contributed by atoms with Crippen LogP contribution in [0.3, 0.4) is 0 Å². The third kappa shape index (κ3) is 1010. The molecular formula is C7H19NO. The van der Waals surface area contributed by atoms with Crippen LogP contribution in [0.15, 0.2) is 0 Å². The van der Waals surface area contributed by atoms with Crippen molar-refractivity contribution in [2.45, 2.75) is 34.1 Å². The van der Waals surface area contributed by atoms with Crippen LogP contribution in [0.2, 0.25) is 0 Å². The molecule has 0 aliphatic carbocycles. The van der Waals surface area contributed by atoms with Crippen LogP contribution < -0.4 is 5.32 Å². The molecule has 2 nitrogen and oxygen atoms in total. The van der Waals surface area contributed by atoms with Gasteiger partial charge in [0.2, 0.25) is 6.41 Å². The Labute approximate surface area is 58.7 Å². The second-order valence-corrected chi connectivity index (χ2v) is 1.11. The summed E-state index contributed by atoms with van der Waals surface area (Å²) in [6.45, 7) is 8.25. The van der Waals surface area contributed by atoms with Crippen LogP contribution in [0.1, 0.15) is 34.1 Å². The molecule has 0 aromatic carbocycles. The highest BCUT2D eigenvalue weighted by Crippen LogP contribution is 1.56. The van der Waals surface area contributed by atoms with Crippen molar-refractivity contribution in [3.8, 4) is 0 Å². The Bertz CT molecular complexity index is 30.1. The first-order valence-corrected chi connectivity index (χ1v) is 3.44. The van der Waals surface area contributed by atoms with Gasteiger partial charge in [0.15, 0.2) is 0 Å². The number of rotatable bonds is 1. The summed E-state index contributed by atoms with van der Waals surface area (Å²) in [7, 11) is 1.56. The molecule has 0 saturated heterocycles. The molecule has 0 fully saturated rings. The van der Waals surface area contributed by atoms with Crippen LogP contribution >= 0.6 is 0 Å². The molecule has 2 heteroatoms. The Morgan fingerprint density at radius 2 is 1.44 bits per heavy atom. The molecule has 0 aromatic heterocycles. The minimum absolute atomic E-state index is 0.625. The Hall–Kier alpha value is -0.530. The molecule has 0 aliphatic heterocycles. The van der Waals surface area contributed by atoms with Gasteiger partial charge in [0.25, 0.3) is 0 Å². The van der Waals surface area contributed by atoms with Crippen molar-refractivity contribution < 1.29 is 4.79 Å². The second kappa shape index (κ2) is 51.3. The van der Waals surface area contributed by atoms with E-state index in [-0.39, 0.29) is 0 Å². The van der Waals surface area contributed by atoms with E-state index in [0.29, 0.717) is 6.41 Å². The van der Waals surface area contributed by atoms with Gasteiger partial charge in [-0.1, -0.05) is 34.1 Å². The zero-order chi connectivity index (χ0) is 8.12. The predicted molar refractivity (Wildman–Crippen MR) is 42.4 cm³/mol. The Balaban J connectivity index is -0.0000000646. The van der Waals surface area contributed by atoms with Crippen LogP contribution in [0, 0.1) is 0 Å². The van der Waals surface area contributed by atoms with Crippen LogP contribution in [-0.4, -0.2) is 13.5 Å². The minimum Gasteiger partial charge on any atom is -0.362 e. The first-order valence-electron chi connectivity index (χ1n) is 3.44. The minimum atomic E-state index is 0.625. The molecule has 1 amide bonds. The highest BCUT2D eigenvalue weighted by molar-refractivity contribution is 5.44. The van der Waals surface area contributed by atoms with Gasteiger partial charge in [0, 0.05) is 7.05 Å². The van der Waals surface area contributed by atoms with Gasteiger partial charge < -0.3 is 5.32 Å². The number of amides is 1. The van der Waals surface area contributed by atoms with Gasteiger partial charge in [0.1, 0.15) is 0 Å². The van der Waals surface area contributed by atoms with Crippen LogP contribution in [0.25, 0.3) is 0 Å². The third-order valence-corrected chi connectivity index (χ3v) is 0.118. The SMILES string of the molecule is CC.CCC.CNC=O. The van der Waals surface area contributed by atoms with E-state index in [1.54, 1.807) is 7.05 Å². The van der Waals surface area contributed by atoms with Crippen LogP contribution in [0.5, 0.6) is 0 Å². The molecule has 0 saturated carbocycles. The first-order chi connectivity index (χ1) is 4.33. The fourth-order valence-electron chi connectivity index (χ4n) is 0. The highest BCUT2D eigenvalue weighted by Gasteiger charge is 1.43. The largest absolute Gasteiger partial charge is 0.362 e. The second-order valence-electron chi connectivity index (χ2n) is 1.11. The van der Waals surface area contributed by atoms with E-state index in [1.807, 2.05) is 13.8 Å². The van der Waals surface area contributed by atoms with E-state index in [0.717, 1.165) is 0 Å². The van der Waals surface area contributed by atoms with Gasteiger partial charge >= 0.3 is 0 Å². The van der Waals surface area contributed by atoms with Gasteiger partial charge in [-0.15, -0.1) is 0 Å². The summed E-state index contributed by atoms with van der Waals surface area (Å²) in [5.41, 5.74) is 0. The number of hydrogen-bond acceptors (Lipinski definition) is 1. The van der Waals surface area contributed by atoms with Gasteiger partial charge in [-0.25, -0.2) is 0 Å². The highest BCUT2D eigenvalue weighted by atomic mass is 16.1. The molecule has 0 spiro atoms. The average molecular weight is 133 g/mol. The predicted octanol–water partition coefficient (Wildman–Crippen LogP) is 1.80. The van der Waals surface area contributed by atoms with E-state index in [1.165, 1.54) is 6.42 Å². The number of nitrogens with one attached hydrogen (secondary N) is 1. The van der Waals surface area contributed by atoms with Crippen molar-refractivity contribution in [3.05, 3.63) is 0 Å². The summed E-state index contributed by atoms with van der Waals surface area (Å²) in [6.07, 6.45) is 1.88. The van der Waals surface area contributed by atoms with E-state index in [9.17, 15) is 0 Å². The summed E-state index contributed by atoms with van der Waals surface area (Å²) in [6, 6.07) is 0. The Kier molecular flexibility index (Phi) is 90.0. The molecule has 0 aromatic rings. The smallest absolute Gasteiger partial charge is 0.206 e. The van der Waals surface area contributed by atoms with Crippen molar-refractivity contribution >= 4 is 6.41 Å². The summed E-state index contributed by atoms with van der Waals surface area (Å²) in [4.78, 5) is 9.06. The maximum Gasteiger partial charge on any atom is 0.206 e. The van der Waals surface area contributed by atoms with E-state index < -0.39 is 0 Å². The summed E-state index contributed by atoms with van der Waals surface area (Å²) in [5.74, 6) is 0. The van der Waals surface area contributed by atoms with Crippen LogP contribution in [-0.2, 0) is 4.79 Å². The molecule has 0 bridgehead atoms. The lowest BCUT2D eigenvalue weighted by atomic mass is 10.6. The van der Waals surface area contributed by atoms with Gasteiger partial charge in [-0.2, -0.15) is 0 Å². The normalized spacial score (nSPS) is 5.00. The topological polar surface area (TPSA) is 29.1 Å². The third-order valence-electron chi connectivity index (χ3n) is 0.118. The molecule has 0 unspecified atom stereocenters. The molecular weight excluding hydrogens is 114 g/mol. The van der Waals surface area contributed by atoms with Crippen molar-refractivity contribution in [2.75, 3.05) is 7.05 Å². The lowest BCUT2D eigenvalue weighted by molar-refractivity contribution is -0.109. The maximum absolute atomic E-state index is 9.06. The van der Waals surface area contributed by atoms with Gasteiger partial charge in [0.05, 0.1) is 0 Å². The molecule has 1 N–H and O–H groups in total. The lowest BCUT2D eigenvalue weighted by Gasteiger charge is -1.64. The molecule has 0 heterocycles. The van der Waals surface area contributed by atoms with Crippen molar-refractivity contribution in [2.24, 2.45) is 0 Å². The quantitative estimate of drug-likeness (QED) is 0.543. The van der Waals surface area contributed by atoms with E-state index >= 15 is 0 Å². The molecule has 58 valence electrons.